The Morgan fingerprint density at radius 3 is 2.45 bits per heavy atom. The van der Waals surface area contributed by atoms with Gasteiger partial charge in [-0.1, -0.05) is 26.8 Å². The van der Waals surface area contributed by atoms with E-state index in [0.717, 1.165) is 5.92 Å². The van der Waals surface area contributed by atoms with Crippen molar-refractivity contribution in [2.75, 3.05) is 5.32 Å². The van der Waals surface area contributed by atoms with E-state index in [0.29, 0.717) is 16.9 Å². The summed E-state index contributed by atoms with van der Waals surface area (Å²) in [6, 6.07) is 5.07. The summed E-state index contributed by atoms with van der Waals surface area (Å²) in [4.78, 5) is 0. The molecule has 1 aromatic rings. The Labute approximate surface area is 131 Å². The standard InChI is InChI=1S/C18H26BrN/c1-11-8-12(2)15(14(19)9-11)20-16-17(3,4)13-6-7-18(16,5)10-13/h8-9,13,16,20H,6-7,10H2,1-5H3/t13-,16?,18+/m0/s1. The average molecular weight is 336 g/mol. The van der Waals surface area contributed by atoms with E-state index >= 15 is 0 Å². The second-order valence-electron chi connectivity index (χ2n) is 7.93. The van der Waals surface area contributed by atoms with E-state index in [-0.39, 0.29) is 0 Å². The second kappa shape index (κ2) is 4.50. The SMILES string of the molecule is Cc1cc(C)c(NC2C(C)(C)[C@H]3CC[C@]2(C)C3)c(Br)c1. The molecule has 2 bridgehead atoms. The van der Waals surface area contributed by atoms with Crippen LogP contribution in [0.1, 0.15) is 51.2 Å². The summed E-state index contributed by atoms with van der Waals surface area (Å²) in [7, 11) is 0. The smallest absolute Gasteiger partial charge is 0.0517 e. The maximum absolute atomic E-state index is 3.92. The van der Waals surface area contributed by atoms with E-state index in [4.69, 9.17) is 0 Å². The molecule has 0 saturated heterocycles. The van der Waals surface area contributed by atoms with Gasteiger partial charge in [0.15, 0.2) is 0 Å². The van der Waals surface area contributed by atoms with Gasteiger partial charge in [-0.2, -0.15) is 0 Å². The summed E-state index contributed by atoms with van der Waals surface area (Å²) in [5.41, 5.74) is 4.81. The molecule has 110 valence electrons. The van der Waals surface area contributed by atoms with E-state index in [1.54, 1.807) is 0 Å². The molecule has 1 nitrogen and oxygen atoms in total. The van der Waals surface area contributed by atoms with Crippen LogP contribution in [0.3, 0.4) is 0 Å². The lowest BCUT2D eigenvalue weighted by atomic mass is 9.68. The molecule has 0 aromatic heterocycles. The molecule has 0 amide bonds. The molecule has 2 aliphatic rings. The van der Waals surface area contributed by atoms with Gasteiger partial charge in [0.1, 0.15) is 0 Å². The molecule has 3 rings (SSSR count). The number of halogens is 1. The van der Waals surface area contributed by atoms with Crippen LogP contribution in [0.4, 0.5) is 5.69 Å². The van der Waals surface area contributed by atoms with E-state index < -0.39 is 0 Å². The molecule has 1 aromatic carbocycles. The van der Waals surface area contributed by atoms with Crippen LogP contribution in [-0.4, -0.2) is 6.04 Å². The van der Waals surface area contributed by atoms with Crippen LogP contribution in [0.2, 0.25) is 0 Å². The number of fused-ring (bicyclic) bond motifs is 2. The minimum Gasteiger partial charge on any atom is -0.380 e. The average Bonchev–Trinajstić information content (AvgIpc) is 2.77. The molecule has 20 heavy (non-hydrogen) atoms. The molecule has 0 radical (unpaired) electrons. The highest BCUT2D eigenvalue weighted by Crippen LogP contribution is 2.63. The summed E-state index contributed by atoms with van der Waals surface area (Å²) in [6.45, 7) is 11.8. The monoisotopic (exact) mass is 335 g/mol. The number of hydrogen-bond donors (Lipinski definition) is 1. The molecule has 0 spiro atoms. The molecule has 0 heterocycles. The summed E-state index contributed by atoms with van der Waals surface area (Å²) in [5, 5.41) is 3.92. The highest BCUT2D eigenvalue weighted by Gasteiger charge is 2.59. The molecule has 0 aliphatic heterocycles. The first-order chi connectivity index (χ1) is 9.24. The quantitative estimate of drug-likeness (QED) is 0.731. The van der Waals surface area contributed by atoms with Crippen molar-refractivity contribution in [3.8, 4) is 0 Å². The lowest BCUT2D eigenvalue weighted by Gasteiger charge is -2.44. The van der Waals surface area contributed by atoms with Crippen molar-refractivity contribution < 1.29 is 0 Å². The van der Waals surface area contributed by atoms with Gasteiger partial charge in [-0.3, -0.25) is 0 Å². The molecular weight excluding hydrogens is 310 g/mol. The van der Waals surface area contributed by atoms with Crippen LogP contribution in [-0.2, 0) is 0 Å². The third-order valence-corrected chi connectivity index (χ3v) is 6.62. The van der Waals surface area contributed by atoms with Crippen molar-refractivity contribution in [3.63, 3.8) is 0 Å². The van der Waals surface area contributed by atoms with Crippen LogP contribution in [0, 0.1) is 30.6 Å². The molecule has 1 unspecified atom stereocenters. The first kappa shape index (κ1) is 14.4. The Balaban J connectivity index is 1.96. The number of anilines is 1. The zero-order chi connectivity index (χ0) is 14.7. The van der Waals surface area contributed by atoms with E-state index in [1.165, 1.54) is 40.5 Å². The van der Waals surface area contributed by atoms with Crippen LogP contribution < -0.4 is 5.32 Å². The molecule has 1 N–H and O–H groups in total. The number of benzene rings is 1. The summed E-state index contributed by atoms with van der Waals surface area (Å²) in [5.74, 6) is 0.884. The van der Waals surface area contributed by atoms with Gasteiger partial charge in [0.05, 0.1) is 5.69 Å². The molecule has 3 atom stereocenters. The fourth-order valence-electron chi connectivity index (χ4n) is 4.91. The Morgan fingerprint density at radius 2 is 1.90 bits per heavy atom. The number of rotatable bonds is 2. The Morgan fingerprint density at radius 1 is 1.20 bits per heavy atom. The van der Waals surface area contributed by atoms with Gasteiger partial charge in [-0.05, 0) is 83.0 Å². The van der Waals surface area contributed by atoms with Crippen LogP contribution in [0.5, 0.6) is 0 Å². The first-order valence-electron chi connectivity index (χ1n) is 7.77. The zero-order valence-corrected chi connectivity index (χ0v) is 14.9. The number of aryl methyl sites for hydroxylation is 2. The second-order valence-corrected chi connectivity index (χ2v) is 8.79. The highest BCUT2D eigenvalue weighted by atomic mass is 79.9. The van der Waals surface area contributed by atoms with Gasteiger partial charge in [-0.15, -0.1) is 0 Å². The Kier molecular flexibility index (Phi) is 3.25. The van der Waals surface area contributed by atoms with Gasteiger partial charge >= 0.3 is 0 Å². The maximum Gasteiger partial charge on any atom is 0.0517 e. The molecule has 2 heteroatoms. The largest absolute Gasteiger partial charge is 0.380 e. The summed E-state index contributed by atoms with van der Waals surface area (Å²) in [6.07, 6.45) is 4.18. The lowest BCUT2D eigenvalue weighted by molar-refractivity contribution is 0.155. The summed E-state index contributed by atoms with van der Waals surface area (Å²) >= 11 is 3.75. The van der Waals surface area contributed by atoms with Gasteiger partial charge < -0.3 is 5.32 Å². The highest BCUT2D eigenvalue weighted by molar-refractivity contribution is 9.10. The third-order valence-electron chi connectivity index (χ3n) is 5.99. The molecule has 2 aliphatic carbocycles. The van der Waals surface area contributed by atoms with E-state index in [1.807, 2.05) is 0 Å². The molecule has 2 saturated carbocycles. The molecule has 2 fully saturated rings. The van der Waals surface area contributed by atoms with Crippen molar-refractivity contribution in [1.82, 2.24) is 0 Å². The van der Waals surface area contributed by atoms with Gasteiger partial charge in [0.2, 0.25) is 0 Å². The first-order valence-corrected chi connectivity index (χ1v) is 8.56. The lowest BCUT2D eigenvalue weighted by Crippen LogP contribution is -2.46. The fourth-order valence-corrected chi connectivity index (χ4v) is 5.69. The predicted molar refractivity (Wildman–Crippen MR) is 90.3 cm³/mol. The van der Waals surface area contributed by atoms with Gasteiger partial charge in [0, 0.05) is 10.5 Å². The predicted octanol–water partition coefficient (Wildman–Crippen LogP) is 5.69. The topological polar surface area (TPSA) is 12.0 Å². The maximum atomic E-state index is 3.92. The van der Waals surface area contributed by atoms with Gasteiger partial charge in [0.25, 0.3) is 0 Å². The van der Waals surface area contributed by atoms with E-state index in [9.17, 15) is 0 Å². The zero-order valence-electron chi connectivity index (χ0n) is 13.3. The van der Waals surface area contributed by atoms with Crippen molar-refractivity contribution in [2.24, 2.45) is 16.7 Å². The third kappa shape index (κ3) is 2.03. The van der Waals surface area contributed by atoms with Crippen LogP contribution in [0.25, 0.3) is 0 Å². The number of hydrogen-bond acceptors (Lipinski definition) is 1. The van der Waals surface area contributed by atoms with Crippen molar-refractivity contribution in [3.05, 3.63) is 27.7 Å². The van der Waals surface area contributed by atoms with Gasteiger partial charge in [-0.25, -0.2) is 0 Å². The van der Waals surface area contributed by atoms with Crippen LogP contribution in [0.15, 0.2) is 16.6 Å². The Bertz CT molecular complexity index is 521. The van der Waals surface area contributed by atoms with Crippen molar-refractivity contribution in [2.45, 2.75) is 59.9 Å². The Hall–Kier alpha value is -0.500. The molecular formula is C18H26BrN. The fraction of sp³-hybridized carbons (Fsp3) is 0.667. The summed E-state index contributed by atoms with van der Waals surface area (Å²) < 4.78 is 1.21. The minimum absolute atomic E-state index is 0.393. The van der Waals surface area contributed by atoms with E-state index in [2.05, 4.69) is 68.0 Å². The van der Waals surface area contributed by atoms with Crippen LogP contribution >= 0.6 is 15.9 Å². The normalized spacial score (nSPS) is 34.5. The van der Waals surface area contributed by atoms with Crippen molar-refractivity contribution >= 4 is 21.6 Å². The number of nitrogens with one attached hydrogen (secondary N) is 1. The van der Waals surface area contributed by atoms with Crippen molar-refractivity contribution in [1.29, 1.82) is 0 Å². The minimum atomic E-state index is 0.393.